The number of aryl methyl sites for hydroxylation is 1. The van der Waals surface area contributed by atoms with E-state index in [-0.39, 0.29) is 17.0 Å². The summed E-state index contributed by atoms with van der Waals surface area (Å²) >= 11 is 4.36. The van der Waals surface area contributed by atoms with Crippen molar-refractivity contribution in [3.63, 3.8) is 0 Å². The zero-order chi connectivity index (χ0) is 16.6. The first kappa shape index (κ1) is 16.0. The molecular weight excluding hydrogens is 304 g/mol. The maximum atomic E-state index is 11.6. The second kappa shape index (κ2) is 5.76. The molecule has 7 heteroatoms. The van der Waals surface area contributed by atoms with Gasteiger partial charge < -0.3 is 21.3 Å². The highest BCUT2D eigenvalue weighted by atomic mass is 32.1. The molecule has 0 saturated carbocycles. The summed E-state index contributed by atoms with van der Waals surface area (Å²) in [6, 6.07) is 5.21. The molecular formula is C15H16N2O4S. The fourth-order valence-corrected chi connectivity index (χ4v) is 2.99. The second-order valence-corrected chi connectivity index (χ2v) is 5.58. The zero-order valence-corrected chi connectivity index (χ0v) is 12.9. The molecule has 0 spiro atoms. The third-order valence-corrected chi connectivity index (χ3v) is 3.94. The number of rotatable bonds is 3. The number of nitrogens with two attached hydrogens (primary N) is 1. The number of dihydropyridines is 1. The van der Waals surface area contributed by atoms with Gasteiger partial charge in [-0.15, -0.1) is 12.6 Å². The average molecular weight is 320 g/mol. The lowest BCUT2D eigenvalue weighted by Gasteiger charge is -2.29. The van der Waals surface area contributed by atoms with Crippen molar-refractivity contribution in [2.75, 3.05) is 0 Å². The predicted octanol–water partition coefficient (Wildman–Crippen LogP) is 1.58. The van der Waals surface area contributed by atoms with Crippen molar-refractivity contribution in [2.24, 2.45) is 5.73 Å². The summed E-state index contributed by atoms with van der Waals surface area (Å²) in [7, 11) is 0. The van der Waals surface area contributed by atoms with E-state index in [4.69, 9.17) is 5.73 Å². The molecule has 1 aromatic rings. The fraction of sp³-hybridized carbons (Fsp3) is 0.200. The van der Waals surface area contributed by atoms with E-state index in [1.165, 1.54) is 0 Å². The smallest absolute Gasteiger partial charge is 0.336 e. The second-order valence-electron chi connectivity index (χ2n) is 5.10. The van der Waals surface area contributed by atoms with Gasteiger partial charge in [-0.3, -0.25) is 0 Å². The Labute approximate surface area is 132 Å². The topological polar surface area (TPSA) is 113 Å². The van der Waals surface area contributed by atoms with Crippen LogP contribution in [0.1, 0.15) is 24.0 Å². The molecule has 0 amide bonds. The molecule has 0 saturated heterocycles. The molecule has 1 aliphatic rings. The first-order chi connectivity index (χ1) is 10.2. The van der Waals surface area contributed by atoms with Crippen molar-refractivity contribution < 1.29 is 19.8 Å². The van der Waals surface area contributed by atoms with Gasteiger partial charge in [-0.2, -0.15) is 0 Å². The SMILES string of the molecule is CC1=C(C(=O)O)C(c2ccc(C)cc2S)C(C(=O)O)=C(N)N1. The number of hydrogen-bond acceptors (Lipinski definition) is 5. The number of nitrogens with one attached hydrogen (secondary N) is 1. The van der Waals surface area contributed by atoms with Crippen LogP contribution in [0.2, 0.25) is 0 Å². The number of thiol groups is 1. The molecule has 1 aromatic carbocycles. The van der Waals surface area contributed by atoms with Crippen LogP contribution in [0.25, 0.3) is 0 Å². The minimum atomic E-state index is -1.27. The summed E-state index contributed by atoms with van der Waals surface area (Å²) in [6.45, 7) is 3.42. The Morgan fingerprint density at radius 3 is 2.27 bits per heavy atom. The standard InChI is InChI=1S/C15H16N2O4S/c1-6-3-4-8(9(22)5-6)11-10(14(18)19)7(2)17-13(16)12(11)15(20)21/h3-5,11,17,22H,16H2,1-2H3,(H,18,19)(H,20,21). The van der Waals surface area contributed by atoms with Crippen LogP contribution in [0.15, 0.2) is 45.8 Å². The van der Waals surface area contributed by atoms with Crippen LogP contribution in [0.4, 0.5) is 0 Å². The van der Waals surface area contributed by atoms with Crippen LogP contribution >= 0.6 is 12.6 Å². The molecule has 1 atom stereocenters. The highest BCUT2D eigenvalue weighted by Crippen LogP contribution is 2.39. The van der Waals surface area contributed by atoms with Gasteiger partial charge >= 0.3 is 11.9 Å². The first-order valence-corrected chi connectivity index (χ1v) is 6.92. The normalized spacial score (nSPS) is 18.2. The van der Waals surface area contributed by atoms with Crippen LogP contribution in [0.5, 0.6) is 0 Å². The Balaban J connectivity index is 2.75. The van der Waals surface area contributed by atoms with Gasteiger partial charge in [0.1, 0.15) is 5.82 Å². The van der Waals surface area contributed by atoms with Crippen LogP contribution < -0.4 is 11.1 Å². The molecule has 116 valence electrons. The quantitative estimate of drug-likeness (QED) is 0.541. The lowest BCUT2D eigenvalue weighted by Crippen LogP contribution is -2.35. The molecule has 22 heavy (non-hydrogen) atoms. The number of aliphatic carboxylic acids is 2. The Hall–Kier alpha value is -2.41. The zero-order valence-electron chi connectivity index (χ0n) is 12.0. The van der Waals surface area contributed by atoms with Crippen molar-refractivity contribution in [2.45, 2.75) is 24.7 Å². The van der Waals surface area contributed by atoms with Crippen molar-refractivity contribution >= 4 is 24.6 Å². The number of benzene rings is 1. The van der Waals surface area contributed by atoms with E-state index < -0.39 is 17.9 Å². The van der Waals surface area contributed by atoms with Gasteiger partial charge in [0.25, 0.3) is 0 Å². The molecule has 0 fully saturated rings. The molecule has 0 aliphatic carbocycles. The number of carboxylic acids is 2. The van der Waals surface area contributed by atoms with E-state index in [0.29, 0.717) is 16.2 Å². The summed E-state index contributed by atoms with van der Waals surface area (Å²) in [5, 5.41) is 21.6. The van der Waals surface area contributed by atoms with Gasteiger partial charge in [-0.25, -0.2) is 9.59 Å². The lowest BCUT2D eigenvalue weighted by molar-refractivity contribution is -0.133. The van der Waals surface area contributed by atoms with Gasteiger partial charge in [0, 0.05) is 10.6 Å². The van der Waals surface area contributed by atoms with Crippen molar-refractivity contribution in [1.29, 1.82) is 0 Å². The molecule has 6 nitrogen and oxygen atoms in total. The van der Waals surface area contributed by atoms with E-state index in [2.05, 4.69) is 17.9 Å². The molecule has 5 N–H and O–H groups in total. The van der Waals surface area contributed by atoms with Crippen LogP contribution in [0, 0.1) is 6.92 Å². The Kier molecular flexibility index (Phi) is 4.18. The molecule has 0 radical (unpaired) electrons. The van der Waals surface area contributed by atoms with E-state index in [1.807, 2.05) is 6.92 Å². The first-order valence-electron chi connectivity index (χ1n) is 6.47. The monoisotopic (exact) mass is 320 g/mol. The summed E-state index contributed by atoms with van der Waals surface area (Å²) in [5.74, 6) is -3.51. The summed E-state index contributed by atoms with van der Waals surface area (Å²) in [5.41, 5.74) is 7.28. The maximum Gasteiger partial charge on any atom is 0.336 e. The predicted molar refractivity (Wildman–Crippen MR) is 83.5 cm³/mol. The summed E-state index contributed by atoms with van der Waals surface area (Å²) < 4.78 is 0. The average Bonchev–Trinajstić information content (AvgIpc) is 2.36. The highest BCUT2D eigenvalue weighted by Gasteiger charge is 2.37. The molecule has 2 rings (SSSR count). The van der Waals surface area contributed by atoms with Crippen LogP contribution in [-0.4, -0.2) is 22.2 Å². The molecule has 0 aromatic heterocycles. The lowest BCUT2D eigenvalue weighted by atomic mass is 9.81. The summed E-state index contributed by atoms with van der Waals surface area (Å²) in [4.78, 5) is 23.7. The fourth-order valence-electron chi connectivity index (χ4n) is 2.58. The summed E-state index contributed by atoms with van der Waals surface area (Å²) in [6.07, 6.45) is 0. The Bertz CT molecular complexity index is 701. The number of carboxylic acid groups (broad SMARTS) is 2. The number of carbonyl (C=O) groups is 2. The van der Waals surface area contributed by atoms with E-state index in [9.17, 15) is 19.8 Å². The van der Waals surface area contributed by atoms with Gasteiger partial charge in [0.2, 0.25) is 0 Å². The maximum absolute atomic E-state index is 11.6. The van der Waals surface area contributed by atoms with Gasteiger partial charge in [0.05, 0.1) is 17.1 Å². The van der Waals surface area contributed by atoms with Crippen LogP contribution in [-0.2, 0) is 9.59 Å². The van der Waals surface area contributed by atoms with E-state index in [1.54, 1.807) is 25.1 Å². The molecule has 1 aliphatic heterocycles. The van der Waals surface area contributed by atoms with Gasteiger partial charge in [-0.05, 0) is 25.5 Å². The van der Waals surface area contributed by atoms with Gasteiger partial charge in [-0.1, -0.05) is 17.7 Å². The third-order valence-electron chi connectivity index (χ3n) is 3.55. The van der Waals surface area contributed by atoms with E-state index in [0.717, 1.165) is 5.56 Å². The highest BCUT2D eigenvalue weighted by molar-refractivity contribution is 7.80. The molecule has 1 unspecified atom stereocenters. The molecule has 0 bridgehead atoms. The van der Waals surface area contributed by atoms with Crippen molar-refractivity contribution in [3.05, 3.63) is 52.0 Å². The third kappa shape index (κ3) is 2.67. The number of hydrogen-bond donors (Lipinski definition) is 5. The van der Waals surface area contributed by atoms with Crippen LogP contribution in [0.3, 0.4) is 0 Å². The Morgan fingerprint density at radius 1 is 1.18 bits per heavy atom. The van der Waals surface area contributed by atoms with Crippen molar-refractivity contribution in [1.82, 2.24) is 5.32 Å². The minimum absolute atomic E-state index is 0.0502. The number of allylic oxidation sites excluding steroid dienone is 1. The Morgan fingerprint density at radius 2 is 1.77 bits per heavy atom. The largest absolute Gasteiger partial charge is 0.478 e. The molecule has 1 heterocycles. The van der Waals surface area contributed by atoms with E-state index >= 15 is 0 Å². The minimum Gasteiger partial charge on any atom is -0.478 e. The van der Waals surface area contributed by atoms with Crippen molar-refractivity contribution in [3.8, 4) is 0 Å². The van der Waals surface area contributed by atoms with Gasteiger partial charge in [0.15, 0.2) is 0 Å².